The number of rotatable bonds is 7. The summed E-state index contributed by atoms with van der Waals surface area (Å²) in [6, 6.07) is 0.338. The van der Waals surface area contributed by atoms with Crippen LogP contribution in [0.25, 0.3) is 0 Å². The third kappa shape index (κ3) is 2.63. The number of carbonyl (C=O) groups is 1. The molecule has 1 aliphatic rings. The quantitative estimate of drug-likeness (QED) is 0.743. The minimum absolute atomic E-state index is 0.116. The van der Waals surface area contributed by atoms with Crippen molar-refractivity contribution in [3.8, 4) is 0 Å². The SMILES string of the molecule is CCOC1CC(N(C)CC(=O)O)C1(CC)CC. The van der Waals surface area contributed by atoms with Gasteiger partial charge >= 0.3 is 5.97 Å². The minimum Gasteiger partial charge on any atom is -0.480 e. The van der Waals surface area contributed by atoms with Gasteiger partial charge in [0.25, 0.3) is 0 Å². The second kappa shape index (κ2) is 5.83. The van der Waals surface area contributed by atoms with Crippen LogP contribution in [0.1, 0.15) is 40.0 Å². The summed E-state index contributed by atoms with van der Waals surface area (Å²) >= 11 is 0. The van der Waals surface area contributed by atoms with Crippen molar-refractivity contribution in [2.75, 3.05) is 20.2 Å². The summed E-state index contributed by atoms with van der Waals surface area (Å²) in [6.07, 6.45) is 3.34. The molecule has 0 aromatic heterocycles. The molecule has 17 heavy (non-hydrogen) atoms. The van der Waals surface area contributed by atoms with E-state index in [4.69, 9.17) is 9.84 Å². The molecule has 100 valence electrons. The van der Waals surface area contributed by atoms with Crippen molar-refractivity contribution in [3.63, 3.8) is 0 Å². The highest BCUT2D eigenvalue weighted by Crippen LogP contribution is 2.50. The van der Waals surface area contributed by atoms with Crippen molar-refractivity contribution in [2.24, 2.45) is 5.41 Å². The molecule has 0 aromatic carbocycles. The summed E-state index contributed by atoms with van der Waals surface area (Å²) in [4.78, 5) is 12.7. The van der Waals surface area contributed by atoms with Crippen LogP contribution < -0.4 is 0 Å². The van der Waals surface area contributed by atoms with E-state index in [1.165, 1.54) is 0 Å². The zero-order valence-electron chi connectivity index (χ0n) is 11.4. The van der Waals surface area contributed by atoms with E-state index in [-0.39, 0.29) is 12.0 Å². The van der Waals surface area contributed by atoms with E-state index in [1.54, 1.807) is 0 Å². The summed E-state index contributed by atoms with van der Waals surface area (Å²) in [5, 5.41) is 8.86. The molecular formula is C13H25NO3. The maximum atomic E-state index is 10.8. The van der Waals surface area contributed by atoms with E-state index in [2.05, 4.69) is 13.8 Å². The Bertz CT molecular complexity index is 263. The van der Waals surface area contributed by atoms with Gasteiger partial charge in [-0.15, -0.1) is 0 Å². The molecule has 0 aromatic rings. The molecular weight excluding hydrogens is 218 g/mol. The van der Waals surface area contributed by atoms with Crippen molar-refractivity contribution in [1.82, 2.24) is 4.90 Å². The van der Waals surface area contributed by atoms with Crippen LogP contribution >= 0.6 is 0 Å². The number of ether oxygens (including phenoxy) is 1. The molecule has 2 atom stereocenters. The predicted octanol–water partition coefficient (Wildman–Crippen LogP) is 1.99. The number of nitrogens with zero attached hydrogens (tertiary/aromatic N) is 1. The minimum atomic E-state index is -0.756. The molecule has 1 N–H and O–H groups in total. The fourth-order valence-electron chi connectivity index (χ4n) is 3.28. The fourth-order valence-corrected chi connectivity index (χ4v) is 3.28. The Morgan fingerprint density at radius 3 is 2.41 bits per heavy atom. The van der Waals surface area contributed by atoms with Crippen molar-refractivity contribution < 1.29 is 14.6 Å². The van der Waals surface area contributed by atoms with Crippen LogP contribution in [-0.2, 0) is 9.53 Å². The first-order valence-corrected chi connectivity index (χ1v) is 6.55. The second-order valence-corrected chi connectivity index (χ2v) is 4.94. The number of hydrogen-bond donors (Lipinski definition) is 1. The molecule has 0 spiro atoms. The van der Waals surface area contributed by atoms with Crippen molar-refractivity contribution in [2.45, 2.75) is 52.2 Å². The highest BCUT2D eigenvalue weighted by Gasteiger charge is 2.54. The first kappa shape index (κ1) is 14.5. The lowest BCUT2D eigenvalue weighted by atomic mass is 9.58. The number of carboxylic acids is 1. The van der Waals surface area contributed by atoms with E-state index in [1.807, 2.05) is 18.9 Å². The average molecular weight is 243 g/mol. The second-order valence-electron chi connectivity index (χ2n) is 4.94. The van der Waals surface area contributed by atoms with Gasteiger partial charge in [0.2, 0.25) is 0 Å². The van der Waals surface area contributed by atoms with Gasteiger partial charge in [0.1, 0.15) is 0 Å². The smallest absolute Gasteiger partial charge is 0.317 e. The highest BCUT2D eigenvalue weighted by molar-refractivity contribution is 5.69. The Hall–Kier alpha value is -0.610. The Morgan fingerprint density at radius 1 is 1.41 bits per heavy atom. The van der Waals surface area contributed by atoms with Crippen LogP contribution in [0.4, 0.5) is 0 Å². The van der Waals surface area contributed by atoms with Gasteiger partial charge in [-0.2, -0.15) is 0 Å². The maximum absolute atomic E-state index is 10.8. The molecule has 1 saturated carbocycles. The van der Waals surface area contributed by atoms with Gasteiger partial charge < -0.3 is 9.84 Å². The van der Waals surface area contributed by atoms with Crippen LogP contribution in [0.2, 0.25) is 0 Å². The van der Waals surface area contributed by atoms with Crippen LogP contribution in [-0.4, -0.2) is 48.3 Å². The van der Waals surface area contributed by atoms with Gasteiger partial charge in [-0.1, -0.05) is 13.8 Å². The molecule has 0 saturated heterocycles. The molecule has 2 unspecified atom stereocenters. The molecule has 1 rings (SSSR count). The van der Waals surface area contributed by atoms with Gasteiger partial charge in [-0.3, -0.25) is 9.69 Å². The van der Waals surface area contributed by atoms with E-state index in [0.29, 0.717) is 12.1 Å². The highest BCUT2D eigenvalue weighted by atomic mass is 16.5. The summed E-state index contributed by atoms with van der Waals surface area (Å²) in [5.41, 5.74) is 0.139. The lowest BCUT2D eigenvalue weighted by Crippen LogP contribution is -2.64. The number of aliphatic carboxylic acids is 1. The Balaban J connectivity index is 2.71. The van der Waals surface area contributed by atoms with Crippen molar-refractivity contribution >= 4 is 5.97 Å². The molecule has 0 heterocycles. The number of hydrogen-bond acceptors (Lipinski definition) is 3. The third-order valence-corrected chi connectivity index (χ3v) is 4.34. The van der Waals surface area contributed by atoms with Crippen LogP contribution in [0, 0.1) is 5.41 Å². The number of carboxylic acid groups (broad SMARTS) is 1. The third-order valence-electron chi connectivity index (χ3n) is 4.34. The Kier molecular flexibility index (Phi) is 4.95. The van der Waals surface area contributed by atoms with Gasteiger partial charge in [-0.25, -0.2) is 0 Å². The lowest BCUT2D eigenvalue weighted by Gasteiger charge is -2.58. The average Bonchev–Trinajstić information content (AvgIpc) is 2.24. The molecule has 0 radical (unpaired) electrons. The van der Waals surface area contributed by atoms with Gasteiger partial charge in [0.15, 0.2) is 0 Å². The van der Waals surface area contributed by atoms with E-state index >= 15 is 0 Å². The first-order chi connectivity index (χ1) is 8.01. The summed E-state index contributed by atoms with van der Waals surface area (Å²) in [7, 11) is 1.90. The molecule has 1 fully saturated rings. The lowest BCUT2D eigenvalue weighted by molar-refractivity contribution is -0.172. The zero-order chi connectivity index (χ0) is 13.1. The molecule has 4 nitrogen and oxygen atoms in total. The summed E-state index contributed by atoms with van der Waals surface area (Å²) in [6.45, 7) is 7.23. The molecule has 0 aliphatic heterocycles. The predicted molar refractivity (Wildman–Crippen MR) is 67.1 cm³/mol. The van der Waals surface area contributed by atoms with Gasteiger partial charge in [0, 0.05) is 18.1 Å². The fraction of sp³-hybridized carbons (Fsp3) is 0.923. The molecule has 0 bridgehead atoms. The zero-order valence-corrected chi connectivity index (χ0v) is 11.4. The van der Waals surface area contributed by atoms with Crippen LogP contribution in [0.3, 0.4) is 0 Å². The Morgan fingerprint density at radius 2 is 2.00 bits per heavy atom. The van der Waals surface area contributed by atoms with E-state index in [0.717, 1.165) is 25.9 Å². The first-order valence-electron chi connectivity index (χ1n) is 6.55. The van der Waals surface area contributed by atoms with Crippen molar-refractivity contribution in [3.05, 3.63) is 0 Å². The Labute approximate surface area is 104 Å². The molecule has 0 amide bonds. The molecule has 1 aliphatic carbocycles. The van der Waals surface area contributed by atoms with E-state index < -0.39 is 5.97 Å². The summed E-state index contributed by atoms with van der Waals surface area (Å²) in [5.74, 6) is -0.756. The monoisotopic (exact) mass is 243 g/mol. The van der Waals surface area contributed by atoms with Crippen LogP contribution in [0.5, 0.6) is 0 Å². The van der Waals surface area contributed by atoms with Gasteiger partial charge in [0.05, 0.1) is 12.6 Å². The maximum Gasteiger partial charge on any atom is 0.317 e. The van der Waals surface area contributed by atoms with E-state index in [9.17, 15) is 4.79 Å². The standard InChI is InChI=1S/C13H25NO3/c1-5-13(6-2)10(8-11(13)17-7-3)14(4)9-12(15)16/h10-11H,5-9H2,1-4H3,(H,15,16). The van der Waals surface area contributed by atoms with Crippen LogP contribution in [0.15, 0.2) is 0 Å². The largest absolute Gasteiger partial charge is 0.480 e. The molecule has 4 heteroatoms. The van der Waals surface area contributed by atoms with Gasteiger partial charge in [-0.05, 0) is 33.2 Å². The van der Waals surface area contributed by atoms with Crippen molar-refractivity contribution in [1.29, 1.82) is 0 Å². The normalized spacial score (nSPS) is 26.9. The summed E-state index contributed by atoms with van der Waals surface area (Å²) < 4.78 is 5.79. The topological polar surface area (TPSA) is 49.8 Å². The number of likely N-dealkylation sites (N-methyl/N-ethyl adjacent to an activating group) is 1.